The molecule has 2 rings (SSSR count). The van der Waals surface area contributed by atoms with Gasteiger partial charge in [0.1, 0.15) is 11.5 Å². The molecule has 6 heteroatoms. The van der Waals surface area contributed by atoms with Gasteiger partial charge in [0.25, 0.3) is 5.91 Å². The number of carbonyl (C=O) groups excluding carboxylic acids is 1. The van der Waals surface area contributed by atoms with E-state index in [0.29, 0.717) is 22.6 Å². The van der Waals surface area contributed by atoms with Crippen molar-refractivity contribution in [2.75, 3.05) is 7.11 Å². The van der Waals surface area contributed by atoms with Crippen molar-refractivity contribution in [3.63, 3.8) is 0 Å². The SMILES string of the molecule is COc1cccc(C(=O)N/N=C(\C=N\O)c2ccccc2)c1. The van der Waals surface area contributed by atoms with Gasteiger partial charge in [0.2, 0.25) is 0 Å². The second kappa shape index (κ2) is 7.58. The molecule has 0 fully saturated rings. The third-order valence-corrected chi connectivity index (χ3v) is 2.86. The fourth-order valence-electron chi connectivity index (χ4n) is 1.77. The summed E-state index contributed by atoms with van der Waals surface area (Å²) in [6.45, 7) is 0. The minimum absolute atomic E-state index is 0.333. The second-order valence-electron chi connectivity index (χ2n) is 4.28. The highest BCUT2D eigenvalue weighted by Gasteiger charge is 2.07. The Hall–Kier alpha value is -3.15. The third-order valence-electron chi connectivity index (χ3n) is 2.86. The van der Waals surface area contributed by atoms with E-state index in [2.05, 4.69) is 15.7 Å². The van der Waals surface area contributed by atoms with Crippen LogP contribution in [-0.2, 0) is 0 Å². The van der Waals surface area contributed by atoms with E-state index in [-0.39, 0.29) is 0 Å². The normalized spacial score (nSPS) is 11.4. The Balaban J connectivity index is 2.18. The zero-order chi connectivity index (χ0) is 15.8. The molecule has 112 valence electrons. The highest BCUT2D eigenvalue weighted by atomic mass is 16.5. The molecule has 6 nitrogen and oxygen atoms in total. The van der Waals surface area contributed by atoms with Crippen molar-refractivity contribution < 1.29 is 14.7 Å². The minimum atomic E-state index is -0.390. The number of nitrogens with one attached hydrogen (secondary N) is 1. The van der Waals surface area contributed by atoms with Gasteiger partial charge in [-0.05, 0) is 18.2 Å². The average molecular weight is 297 g/mol. The van der Waals surface area contributed by atoms with Crippen LogP contribution in [0.2, 0.25) is 0 Å². The van der Waals surface area contributed by atoms with Crippen LogP contribution >= 0.6 is 0 Å². The Labute approximate surface area is 127 Å². The van der Waals surface area contributed by atoms with Gasteiger partial charge < -0.3 is 9.94 Å². The van der Waals surface area contributed by atoms with Crippen molar-refractivity contribution in [1.29, 1.82) is 0 Å². The van der Waals surface area contributed by atoms with Crippen LogP contribution in [-0.4, -0.2) is 30.2 Å². The predicted octanol–water partition coefficient (Wildman–Crippen LogP) is 2.29. The van der Waals surface area contributed by atoms with Crippen molar-refractivity contribution in [2.24, 2.45) is 10.3 Å². The summed E-state index contributed by atoms with van der Waals surface area (Å²) in [5.74, 6) is 0.190. The number of hydrogen-bond donors (Lipinski definition) is 2. The van der Waals surface area contributed by atoms with Gasteiger partial charge in [-0.25, -0.2) is 5.43 Å². The standard InChI is InChI=1S/C16H15N3O3/c1-22-14-9-5-8-13(10-14)16(20)19-18-15(11-17-21)12-6-3-2-4-7-12/h2-11,21H,1H3,(H,19,20)/b17-11+,18-15+. The van der Waals surface area contributed by atoms with Crippen molar-refractivity contribution in [3.05, 3.63) is 65.7 Å². The van der Waals surface area contributed by atoms with E-state index in [9.17, 15) is 4.79 Å². The molecule has 0 aliphatic rings. The Morgan fingerprint density at radius 2 is 1.86 bits per heavy atom. The number of rotatable bonds is 5. The number of amides is 1. The van der Waals surface area contributed by atoms with E-state index in [1.54, 1.807) is 36.4 Å². The Morgan fingerprint density at radius 3 is 2.55 bits per heavy atom. The average Bonchev–Trinajstić information content (AvgIpc) is 2.59. The lowest BCUT2D eigenvalue weighted by Crippen LogP contribution is -2.20. The maximum absolute atomic E-state index is 12.1. The number of nitrogens with zero attached hydrogens (tertiary/aromatic N) is 2. The topological polar surface area (TPSA) is 83.3 Å². The van der Waals surface area contributed by atoms with Gasteiger partial charge in [0.15, 0.2) is 0 Å². The van der Waals surface area contributed by atoms with E-state index < -0.39 is 5.91 Å². The highest BCUT2D eigenvalue weighted by Crippen LogP contribution is 2.12. The van der Waals surface area contributed by atoms with Crippen molar-refractivity contribution >= 4 is 17.8 Å². The van der Waals surface area contributed by atoms with Crippen LogP contribution in [0.25, 0.3) is 0 Å². The molecule has 0 aromatic heterocycles. The molecule has 0 unspecified atom stereocenters. The minimum Gasteiger partial charge on any atom is -0.497 e. The van der Waals surface area contributed by atoms with E-state index in [0.717, 1.165) is 6.21 Å². The van der Waals surface area contributed by atoms with E-state index in [4.69, 9.17) is 9.94 Å². The number of benzene rings is 2. The smallest absolute Gasteiger partial charge is 0.271 e. The van der Waals surface area contributed by atoms with Gasteiger partial charge in [-0.15, -0.1) is 0 Å². The first-order valence-corrected chi connectivity index (χ1v) is 6.49. The van der Waals surface area contributed by atoms with Crippen molar-refractivity contribution in [3.8, 4) is 5.75 Å². The summed E-state index contributed by atoms with van der Waals surface area (Å²) in [6, 6.07) is 15.8. The molecule has 0 atom stereocenters. The van der Waals surface area contributed by atoms with Crippen LogP contribution in [0.3, 0.4) is 0 Å². The van der Waals surface area contributed by atoms with Crippen LogP contribution < -0.4 is 10.2 Å². The summed E-state index contributed by atoms with van der Waals surface area (Å²) in [5, 5.41) is 15.7. The zero-order valence-corrected chi connectivity index (χ0v) is 11.9. The first-order chi connectivity index (χ1) is 10.7. The fraction of sp³-hybridized carbons (Fsp3) is 0.0625. The molecular weight excluding hydrogens is 282 g/mol. The molecule has 2 aromatic carbocycles. The maximum atomic E-state index is 12.1. The number of carbonyl (C=O) groups is 1. The molecular formula is C16H15N3O3. The summed E-state index contributed by atoms with van der Waals surface area (Å²) < 4.78 is 5.07. The lowest BCUT2D eigenvalue weighted by molar-refractivity contribution is 0.0954. The number of hydrogen-bond acceptors (Lipinski definition) is 5. The van der Waals surface area contributed by atoms with Crippen molar-refractivity contribution in [2.45, 2.75) is 0 Å². The Kier molecular flexibility index (Phi) is 5.25. The number of ether oxygens (including phenoxy) is 1. The monoisotopic (exact) mass is 297 g/mol. The zero-order valence-electron chi connectivity index (χ0n) is 11.9. The molecule has 2 N–H and O–H groups in total. The van der Waals surface area contributed by atoms with Gasteiger partial charge in [0.05, 0.1) is 13.3 Å². The molecule has 0 aliphatic carbocycles. The second-order valence-corrected chi connectivity index (χ2v) is 4.28. The Morgan fingerprint density at radius 1 is 1.14 bits per heavy atom. The lowest BCUT2D eigenvalue weighted by Gasteiger charge is -2.04. The lowest BCUT2D eigenvalue weighted by atomic mass is 10.1. The van der Waals surface area contributed by atoms with E-state index in [1.165, 1.54) is 7.11 Å². The summed E-state index contributed by atoms with van der Waals surface area (Å²) in [6.07, 6.45) is 1.15. The molecule has 0 saturated heterocycles. The quantitative estimate of drug-likeness (QED) is 0.504. The van der Waals surface area contributed by atoms with Gasteiger partial charge in [-0.2, -0.15) is 5.10 Å². The Bertz CT molecular complexity index is 697. The largest absolute Gasteiger partial charge is 0.497 e. The fourth-order valence-corrected chi connectivity index (χ4v) is 1.77. The molecule has 0 heterocycles. The number of hydrazone groups is 1. The maximum Gasteiger partial charge on any atom is 0.271 e. The first-order valence-electron chi connectivity index (χ1n) is 6.49. The molecule has 0 radical (unpaired) electrons. The molecule has 0 aliphatic heterocycles. The predicted molar refractivity (Wildman–Crippen MR) is 83.7 cm³/mol. The first kappa shape index (κ1) is 15.2. The van der Waals surface area contributed by atoms with Crippen LogP contribution in [0.15, 0.2) is 64.9 Å². The van der Waals surface area contributed by atoms with Crippen LogP contribution in [0.1, 0.15) is 15.9 Å². The molecule has 0 spiro atoms. The summed E-state index contributed by atoms with van der Waals surface area (Å²) >= 11 is 0. The molecule has 0 saturated carbocycles. The summed E-state index contributed by atoms with van der Waals surface area (Å²) in [7, 11) is 1.53. The van der Waals surface area contributed by atoms with Gasteiger partial charge in [0, 0.05) is 11.1 Å². The number of oxime groups is 1. The summed E-state index contributed by atoms with van der Waals surface area (Å²) in [4.78, 5) is 12.1. The van der Waals surface area contributed by atoms with Gasteiger partial charge in [-0.1, -0.05) is 41.6 Å². The van der Waals surface area contributed by atoms with Crippen LogP contribution in [0.4, 0.5) is 0 Å². The molecule has 1 amide bonds. The van der Waals surface area contributed by atoms with Crippen LogP contribution in [0.5, 0.6) is 5.75 Å². The third kappa shape index (κ3) is 3.92. The number of methoxy groups -OCH3 is 1. The molecule has 0 bridgehead atoms. The van der Waals surface area contributed by atoms with E-state index >= 15 is 0 Å². The van der Waals surface area contributed by atoms with Crippen LogP contribution in [0, 0.1) is 0 Å². The van der Waals surface area contributed by atoms with Gasteiger partial charge in [-0.3, -0.25) is 4.79 Å². The van der Waals surface area contributed by atoms with Gasteiger partial charge >= 0.3 is 0 Å². The summed E-state index contributed by atoms with van der Waals surface area (Å²) in [5.41, 5.74) is 3.88. The molecule has 2 aromatic rings. The van der Waals surface area contributed by atoms with E-state index in [1.807, 2.05) is 18.2 Å². The highest BCUT2D eigenvalue weighted by molar-refractivity contribution is 6.38. The van der Waals surface area contributed by atoms with Crippen molar-refractivity contribution in [1.82, 2.24) is 5.43 Å². The molecule has 22 heavy (non-hydrogen) atoms.